The van der Waals surface area contributed by atoms with Crippen molar-refractivity contribution < 1.29 is 5.76 Å². The van der Waals surface area contributed by atoms with Crippen molar-refractivity contribution in [3.8, 4) is 12.1 Å². The Kier molecular flexibility index (Phi) is 6.37. The summed E-state index contributed by atoms with van der Waals surface area (Å²) in [5.74, 6) is -0.435. The summed E-state index contributed by atoms with van der Waals surface area (Å²) in [5, 5.41) is 35.4. The lowest BCUT2D eigenvalue weighted by Gasteiger charge is -2.20. The van der Waals surface area contributed by atoms with E-state index in [0.29, 0.717) is 39.2 Å². The van der Waals surface area contributed by atoms with Gasteiger partial charge in [-0.1, -0.05) is 46.6 Å². The van der Waals surface area contributed by atoms with Gasteiger partial charge in [0.15, 0.2) is 0 Å². The monoisotopic (exact) mass is 569 g/mol. The zero-order valence-corrected chi connectivity index (χ0v) is 22.2. The molecule has 5 aromatic rings. The zero-order valence-electron chi connectivity index (χ0n) is 21.7. The van der Waals surface area contributed by atoms with Crippen LogP contribution in [0.5, 0.6) is 0 Å². The van der Waals surface area contributed by atoms with E-state index in [1.807, 2.05) is 0 Å². The Labute approximate surface area is 240 Å². The number of benzene rings is 3. The van der Waals surface area contributed by atoms with Gasteiger partial charge in [-0.25, -0.2) is 9.07 Å². The van der Waals surface area contributed by atoms with Crippen molar-refractivity contribution in [1.29, 1.82) is 10.5 Å². The number of aromatic nitrogens is 4. The third-order valence-electron chi connectivity index (χ3n) is 6.52. The number of pyridine rings is 1. The first-order valence-corrected chi connectivity index (χ1v) is 13.0. The van der Waals surface area contributed by atoms with Crippen LogP contribution in [0.1, 0.15) is 48.7 Å². The van der Waals surface area contributed by atoms with Gasteiger partial charge in [0.05, 0.1) is 57.7 Å². The maximum absolute atomic E-state index is 13.8. The van der Waals surface area contributed by atoms with Crippen LogP contribution in [0.3, 0.4) is 0 Å². The van der Waals surface area contributed by atoms with Gasteiger partial charge >= 0.3 is 0 Å². The summed E-state index contributed by atoms with van der Waals surface area (Å²) in [7, 11) is 0. The van der Waals surface area contributed by atoms with Crippen molar-refractivity contribution in [2.75, 3.05) is 10.6 Å². The van der Waals surface area contributed by atoms with E-state index in [4.69, 9.17) is 23.2 Å². The van der Waals surface area contributed by atoms with E-state index < -0.39 is 11.8 Å². The van der Waals surface area contributed by atoms with Crippen LogP contribution in [0.25, 0.3) is 10.9 Å². The molecule has 1 aliphatic rings. The van der Waals surface area contributed by atoms with E-state index in [-0.39, 0.29) is 27.2 Å². The van der Waals surface area contributed by atoms with E-state index in [2.05, 4.69) is 38.1 Å². The summed E-state index contributed by atoms with van der Waals surface area (Å²) in [6.45, 7) is 0. The van der Waals surface area contributed by atoms with Gasteiger partial charge in [-0.2, -0.15) is 10.5 Å². The molecule has 0 aliphatic heterocycles. The Bertz CT molecular complexity index is 1890. The minimum Gasteiger partial charge on any atom is -0.373 e. The number of nitrogens with zero attached hydrogens (tertiary/aromatic N) is 6. The SMILES string of the molecule is [2H][C@](Nc1cc(Cl)c2ncc(C#N)c(Nc3cccc(Cl)c3C#N)c2c1)(c1ccc(F)cc1)c1cn(C2CC2)nn1. The van der Waals surface area contributed by atoms with Gasteiger partial charge in [0.25, 0.3) is 0 Å². The average Bonchev–Trinajstić information content (AvgIpc) is 3.69. The van der Waals surface area contributed by atoms with Crippen LogP contribution in [0.2, 0.25) is 10.0 Å². The molecule has 0 unspecified atom stereocenters. The molecule has 6 rings (SSSR count). The van der Waals surface area contributed by atoms with Crippen LogP contribution in [0.15, 0.2) is 67.0 Å². The van der Waals surface area contributed by atoms with E-state index in [1.165, 1.54) is 30.5 Å². The summed E-state index contributed by atoms with van der Waals surface area (Å²) in [6, 6.07) is 16.6. The van der Waals surface area contributed by atoms with Crippen molar-refractivity contribution in [1.82, 2.24) is 20.0 Å². The molecule has 2 heterocycles. The minimum atomic E-state index is -1.67. The van der Waals surface area contributed by atoms with Crippen molar-refractivity contribution >= 4 is 51.2 Å². The molecule has 0 bridgehead atoms. The molecule has 2 N–H and O–H groups in total. The molecular formula is C29H19Cl2FN8. The first-order chi connectivity index (χ1) is 19.8. The maximum Gasteiger partial charge on any atom is 0.123 e. The number of halogens is 3. The Balaban J connectivity index is 1.49. The summed E-state index contributed by atoms with van der Waals surface area (Å²) in [4.78, 5) is 4.38. The fourth-order valence-corrected chi connectivity index (χ4v) is 4.87. The van der Waals surface area contributed by atoms with Crippen LogP contribution in [0, 0.1) is 28.5 Å². The first-order valence-electron chi connectivity index (χ1n) is 12.7. The zero-order chi connectivity index (χ0) is 28.7. The Morgan fingerprint density at radius 1 is 1.07 bits per heavy atom. The topological polar surface area (TPSA) is 115 Å². The van der Waals surface area contributed by atoms with Gasteiger partial charge in [0.1, 0.15) is 23.6 Å². The van der Waals surface area contributed by atoms with Crippen LogP contribution >= 0.6 is 23.2 Å². The predicted octanol–water partition coefficient (Wildman–Crippen LogP) is 7.30. The van der Waals surface area contributed by atoms with Crippen LogP contribution in [-0.4, -0.2) is 20.0 Å². The molecule has 1 fully saturated rings. The largest absolute Gasteiger partial charge is 0.373 e. The molecule has 8 nitrogen and oxygen atoms in total. The fourth-order valence-electron chi connectivity index (χ4n) is 4.38. The molecule has 3 aromatic carbocycles. The molecule has 0 saturated heterocycles. The molecule has 0 amide bonds. The first kappa shape index (κ1) is 24.3. The lowest BCUT2D eigenvalue weighted by atomic mass is 10.0. The number of rotatable bonds is 7. The summed E-state index contributed by atoms with van der Waals surface area (Å²) in [6.07, 6.45) is 5.09. The van der Waals surface area contributed by atoms with Gasteiger partial charge in [0.2, 0.25) is 0 Å². The molecule has 196 valence electrons. The highest BCUT2D eigenvalue weighted by Gasteiger charge is 2.27. The second kappa shape index (κ2) is 10.5. The van der Waals surface area contributed by atoms with Gasteiger partial charge in [-0.3, -0.25) is 4.98 Å². The highest BCUT2D eigenvalue weighted by atomic mass is 35.5. The van der Waals surface area contributed by atoms with E-state index in [0.717, 1.165) is 12.8 Å². The van der Waals surface area contributed by atoms with Crippen molar-refractivity contribution in [2.24, 2.45) is 0 Å². The third-order valence-corrected chi connectivity index (χ3v) is 7.12. The molecule has 1 aliphatic carbocycles. The number of nitriles is 2. The van der Waals surface area contributed by atoms with Crippen LogP contribution in [0.4, 0.5) is 21.5 Å². The van der Waals surface area contributed by atoms with Crippen molar-refractivity contribution in [2.45, 2.75) is 24.9 Å². The molecular weight excluding hydrogens is 550 g/mol. The maximum atomic E-state index is 13.8. The second-order valence-electron chi connectivity index (χ2n) is 9.23. The molecule has 40 heavy (non-hydrogen) atoms. The molecule has 0 radical (unpaired) electrons. The van der Waals surface area contributed by atoms with E-state index in [9.17, 15) is 16.3 Å². The standard InChI is InChI=1S/C29H19Cl2FN8/c30-23-2-1-3-25(22(23)13-34)37-27-17(12-33)14-35-29-21(27)10-19(11-24(29)31)36-28(16-4-6-18(32)7-5-16)26-15-40(39-38-26)20-8-9-20/h1-7,10-11,14-15,20,28,36H,8-9H2,(H,35,37)/t28-/m0/s1/i28D. The van der Waals surface area contributed by atoms with Crippen molar-refractivity contribution in [3.05, 3.63) is 105 Å². The smallest absolute Gasteiger partial charge is 0.123 e. The minimum absolute atomic E-state index is 0.206. The quantitative estimate of drug-likeness (QED) is 0.211. The highest BCUT2D eigenvalue weighted by molar-refractivity contribution is 6.36. The molecule has 11 heteroatoms. The lowest BCUT2D eigenvalue weighted by Crippen LogP contribution is -2.13. The van der Waals surface area contributed by atoms with Gasteiger partial charge in [0, 0.05) is 17.3 Å². The van der Waals surface area contributed by atoms with Gasteiger partial charge in [-0.05, 0) is 54.8 Å². The van der Waals surface area contributed by atoms with Crippen LogP contribution < -0.4 is 10.6 Å². The molecule has 1 atom stereocenters. The average molecular weight is 570 g/mol. The summed E-state index contributed by atoms with van der Waals surface area (Å²) >= 11 is 12.9. The Hall–Kier alpha value is -4.70. The molecule has 0 spiro atoms. The number of hydrogen-bond acceptors (Lipinski definition) is 7. The highest BCUT2D eigenvalue weighted by Crippen LogP contribution is 2.38. The molecule has 2 aromatic heterocycles. The second-order valence-corrected chi connectivity index (χ2v) is 10.0. The Morgan fingerprint density at radius 2 is 1.88 bits per heavy atom. The number of anilines is 3. The Morgan fingerprint density at radius 3 is 2.60 bits per heavy atom. The third kappa shape index (κ3) is 4.89. The lowest BCUT2D eigenvalue weighted by molar-refractivity contribution is 0.610. The summed E-state index contributed by atoms with van der Waals surface area (Å²) in [5.41, 5.74) is 2.73. The van der Waals surface area contributed by atoms with E-state index in [1.54, 1.807) is 41.2 Å². The normalized spacial score (nSPS) is 14.6. The number of hydrogen-bond donors (Lipinski definition) is 2. The summed E-state index contributed by atoms with van der Waals surface area (Å²) < 4.78 is 25.1. The van der Waals surface area contributed by atoms with Gasteiger partial charge < -0.3 is 10.6 Å². The van der Waals surface area contributed by atoms with Gasteiger partial charge in [-0.15, -0.1) is 5.10 Å². The number of fused-ring (bicyclic) bond motifs is 1. The number of nitrogens with one attached hydrogen (secondary N) is 2. The molecule has 1 saturated carbocycles. The predicted molar refractivity (Wildman–Crippen MR) is 151 cm³/mol. The fraction of sp³-hybridized carbons (Fsp3) is 0.138. The van der Waals surface area contributed by atoms with E-state index >= 15 is 0 Å². The van der Waals surface area contributed by atoms with Crippen molar-refractivity contribution in [3.63, 3.8) is 0 Å². The van der Waals surface area contributed by atoms with Crippen LogP contribution in [-0.2, 0) is 0 Å².